The summed E-state index contributed by atoms with van der Waals surface area (Å²) in [6.45, 7) is 6.64. The number of pyridine rings is 1. The number of anilines is 1. The number of benzene rings is 1. The van der Waals surface area contributed by atoms with Gasteiger partial charge in [-0.3, -0.25) is 4.72 Å². The minimum absolute atomic E-state index is 0.115. The maximum atomic E-state index is 12.5. The molecule has 1 aromatic carbocycles. The molecule has 0 saturated heterocycles. The third-order valence-electron chi connectivity index (χ3n) is 3.20. The lowest BCUT2D eigenvalue weighted by molar-refractivity contribution is 0.465. The minimum atomic E-state index is -3.74. The normalized spacial score (nSPS) is 11.8. The van der Waals surface area contributed by atoms with Crippen LogP contribution >= 0.6 is 11.6 Å². The Labute approximate surface area is 141 Å². The van der Waals surface area contributed by atoms with Crippen LogP contribution in [-0.2, 0) is 10.0 Å². The van der Waals surface area contributed by atoms with Crippen LogP contribution in [0.2, 0.25) is 5.02 Å². The molecule has 0 radical (unpaired) electrons. The summed E-state index contributed by atoms with van der Waals surface area (Å²) >= 11 is 5.92. The first kappa shape index (κ1) is 17.3. The van der Waals surface area contributed by atoms with Crippen LogP contribution in [0.15, 0.2) is 55.3 Å². The second-order valence-corrected chi connectivity index (χ2v) is 8.03. The Morgan fingerprint density at radius 1 is 1.30 bits per heavy atom. The van der Waals surface area contributed by atoms with Crippen LogP contribution < -0.4 is 9.46 Å². The van der Waals surface area contributed by atoms with Gasteiger partial charge in [0.1, 0.15) is 16.2 Å². The first-order valence-corrected chi connectivity index (χ1v) is 8.66. The highest BCUT2D eigenvalue weighted by molar-refractivity contribution is 7.94. The molecule has 0 unspecified atom stereocenters. The number of hydrogen-bond donors (Lipinski definition) is 1. The van der Waals surface area contributed by atoms with Crippen LogP contribution in [0.4, 0.5) is 5.69 Å². The molecule has 0 spiro atoms. The van der Waals surface area contributed by atoms with Gasteiger partial charge in [-0.1, -0.05) is 35.9 Å². The molecule has 23 heavy (non-hydrogen) atoms. The van der Waals surface area contributed by atoms with Crippen LogP contribution in [0.25, 0.3) is 0 Å². The van der Waals surface area contributed by atoms with Crippen molar-refractivity contribution in [2.24, 2.45) is 0 Å². The minimum Gasteiger partial charge on any atom is -0.437 e. The molecule has 1 aromatic heterocycles. The molecule has 0 atom stereocenters. The Bertz CT molecular complexity index is 805. The maximum absolute atomic E-state index is 12.5. The van der Waals surface area contributed by atoms with Crippen molar-refractivity contribution in [3.63, 3.8) is 0 Å². The number of halogens is 1. The van der Waals surface area contributed by atoms with Gasteiger partial charge in [-0.15, -0.1) is 6.58 Å². The van der Waals surface area contributed by atoms with E-state index in [-0.39, 0.29) is 11.6 Å². The van der Waals surface area contributed by atoms with Crippen molar-refractivity contribution in [3.8, 4) is 11.6 Å². The third kappa shape index (κ3) is 4.03. The highest BCUT2D eigenvalue weighted by atomic mass is 35.5. The zero-order valence-corrected chi connectivity index (χ0v) is 14.4. The Hall–Kier alpha value is -2.05. The quantitative estimate of drug-likeness (QED) is 0.790. The fourth-order valence-corrected chi connectivity index (χ4v) is 2.64. The van der Waals surface area contributed by atoms with Gasteiger partial charge in [-0.05, 0) is 32.0 Å². The molecule has 0 fully saturated rings. The molecule has 2 rings (SSSR count). The topological polar surface area (TPSA) is 68.3 Å². The largest absolute Gasteiger partial charge is 0.437 e. The Balaban J connectivity index is 2.39. The summed E-state index contributed by atoms with van der Waals surface area (Å²) < 4.78 is 31.9. The SMILES string of the molecule is C=CC(C)(C)S(=O)(=O)Nc1cc(Cl)cnc1Oc1ccccc1. The molecular weight excluding hydrogens is 336 g/mol. The van der Waals surface area contributed by atoms with E-state index in [0.717, 1.165) is 0 Å². The summed E-state index contributed by atoms with van der Waals surface area (Å²) in [5, 5.41) is 0.291. The molecule has 0 aliphatic heterocycles. The summed E-state index contributed by atoms with van der Waals surface area (Å²) in [6.07, 6.45) is 2.74. The number of sulfonamides is 1. The van der Waals surface area contributed by atoms with Crippen LogP contribution in [0.5, 0.6) is 11.6 Å². The van der Waals surface area contributed by atoms with E-state index in [1.807, 2.05) is 6.07 Å². The molecule has 0 saturated carbocycles. The monoisotopic (exact) mass is 352 g/mol. The second-order valence-electron chi connectivity index (χ2n) is 5.33. The van der Waals surface area contributed by atoms with E-state index in [0.29, 0.717) is 10.8 Å². The molecular formula is C16H17ClN2O3S. The van der Waals surface area contributed by atoms with E-state index in [4.69, 9.17) is 16.3 Å². The van der Waals surface area contributed by atoms with Crippen LogP contribution in [0.3, 0.4) is 0 Å². The fraction of sp³-hybridized carbons (Fsp3) is 0.188. The third-order valence-corrected chi connectivity index (χ3v) is 5.45. The highest BCUT2D eigenvalue weighted by Gasteiger charge is 2.32. The number of nitrogens with one attached hydrogen (secondary N) is 1. The Kier molecular flexibility index (Phi) is 4.97. The Morgan fingerprint density at radius 2 is 1.96 bits per heavy atom. The van der Waals surface area contributed by atoms with Crippen molar-refractivity contribution < 1.29 is 13.2 Å². The number of hydrogen-bond acceptors (Lipinski definition) is 4. The van der Waals surface area contributed by atoms with Gasteiger partial charge in [0.2, 0.25) is 15.9 Å². The van der Waals surface area contributed by atoms with Crippen molar-refractivity contribution in [1.29, 1.82) is 0 Å². The van der Waals surface area contributed by atoms with E-state index < -0.39 is 14.8 Å². The van der Waals surface area contributed by atoms with E-state index >= 15 is 0 Å². The zero-order valence-electron chi connectivity index (χ0n) is 12.8. The molecule has 0 bridgehead atoms. The standard InChI is InChI=1S/C16H17ClN2O3S/c1-4-16(2,3)23(20,21)19-14-10-12(17)11-18-15(14)22-13-8-6-5-7-9-13/h4-11,19H,1H2,2-3H3. The summed E-state index contributed by atoms with van der Waals surface area (Å²) in [7, 11) is -3.74. The van der Waals surface area contributed by atoms with Crippen LogP contribution in [-0.4, -0.2) is 18.1 Å². The molecule has 7 heteroatoms. The number of para-hydroxylation sites is 1. The number of rotatable bonds is 6. The Morgan fingerprint density at radius 3 is 2.57 bits per heavy atom. The predicted octanol–water partition coefficient (Wildman–Crippen LogP) is 4.23. The van der Waals surface area contributed by atoms with Gasteiger partial charge in [0, 0.05) is 6.20 Å². The van der Waals surface area contributed by atoms with Crippen molar-refractivity contribution >= 4 is 27.3 Å². The van der Waals surface area contributed by atoms with Crippen molar-refractivity contribution in [1.82, 2.24) is 4.98 Å². The van der Waals surface area contributed by atoms with Crippen molar-refractivity contribution in [2.75, 3.05) is 4.72 Å². The first-order valence-electron chi connectivity index (χ1n) is 6.79. The molecule has 5 nitrogen and oxygen atoms in total. The summed E-state index contributed by atoms with van der Waals surface area (Å²) in [5.74, 6) is 0.648. The first-order chi connectivity index (χ1) is 10.7. The molecule has 0 aliphatic rings. The van der Waals surface area contributed by atoms with Gasteiger partial charge in [-0.2, -0.15) is 0 Å². The van der Waals surface area contributed by atoms with E-state index in [1.165, 1.54) is 32.2 Å². The number of nitrogens with zero attached hydrogens (tertiary/aromatic N) is 1. The predicted molar refractivity (Wildman–Crippen MR) is 92.6 cm³/mol. The van der Waals surface area contributed by atoms with Crippen LogP contribution in [0.1, 0.15) is 13.8 Å². The average molecular weight is 353 g/mol. The molecule has 1 heterocycles. The summed E-state index contributed by atoms with van der Waals surface area (Å²) in [4.78, 5) is 4.06. The van der Waals surface area contributed by atoms with Gasteiger partial charge in [-0.25, -0.2) is 13.4 Å². The summed E-state index contributed by atoms with van der Waals surface area (Å²) in [6, 6.07) is 10.4. The lowest BCUT2D eigenvalue weighted by atomic mass is 10.2. The van der Waals surface area contributed by atoms with E-state index in [1.54, 1.807) is 24.3 Å². The van der Waals surface area contributed by atoms with Gasteiger partial charge in [0.15, 0.2) is 0 Å². The average Bonchev–Trinajstić information content (AvgIpc) is 2.50. The number of ether oxygens (including phenoxy) is 1. The molecule has 2 aromatic rings. The van der Waals surface area contributed by atoms with Gasteiger partial charge in [0.25, 0.3) is 0 Å². The smallest absolute Gasteiger partial charge is 0.243 e. The fourth-order valence-electron chi connectivity index (χ4n) is 1.57. The lowest BCUT2D eigenvalue weighted by Gasteiger charge is -2.22. The molecule has 122 valence electrons. The highest BCUT2D eigenvalue weighted by Crippen LogP contribution is 2.32. The second kappa shape index (κ2) is 6.60. The number of aromatic nitrogens is 1. The molecule has 0 amide bonds. The molecule has 1 N–H and O–H groups in total. The van der Waals surface area contributed by atoms with Crippen molar-refractivity contribution in [2.45, 2.75) is 18.6 Å². The molecule has 0 aliphatic carbocycles. The van der Waals surface area contributed by atoms with Crippen LogP contribution in [0, 0.1) is 0 Å². The van der Waals surface area contributed by atoms with Gasteiger partial charge in [0.05, 0.1) is 5.02 Å². The van der Waals surface area contributed by atoms with Crippen molar-refractivity contribution in [3.05, 3.63) is 60.3 Å². The summed E-state index contributed by atoms with van der Waals surface area (Å²) in [5.41, 5.74) is 0.163. The van der Waals surface area contributed by atoms with Gasteiger partial charge >= 0.3 is 0 Å². The lowest BCUT2D eigenvalue weighted by Crippen LogP contribution is -2.34. The van der Waals surface area contributed by atoms with E-state index in [2.05, 4.69) is 16.3 Å². The van der Waals surface area contributed by atoms with E-state index in [9.17, 15) is 8.42 Å². The maximum Gasteiger partial charge on any atom is 0.243 e. The van der Waals surface area contributed by atoms with Gasteiger partial charge < -0.3 is 4.74 Å². The zero-order chi connectivity index (χ0) is 17.1.